The van der Waals surface area contributed by atoms with Crippen molar-refractivity contribution in [3.8, 4) is 0 Å². The second kappa shape index (κ2) is 7.14. The van der Waals surface area contributed by atoms with Crippen LogP contribution in [0.1, 0.15) is 48.6 Å². The van der Waals surface area contributed by atoms with Crippen LogP contribution in [-0.4, -0.2) is 19.3 Å². The fourth-order valence-electron chi connectivity index (χ4n) is 1.90. The van der Waals surface area contributed by atoms with E-state index in [0.29, 0.717) is 12.1 Å². The van der Waals surface area contributed by atoms with Gasteiger partial charge in [0.15, 0.2) is 0 Å². The molecule has 1 rings (SSSR count). The molecule has 0 radical (unpaired) electrons. The van der Waals surface area contributed by atoms with Crippen LogP contribution in [0.2, 0.25) is 0 Å². The molecule has 1 heterocycles. The molecule has 2 nitrogen and oxygen atoms in total. The van der Waals surface area contributed by atoms with Crippen LogP contribution in [0, 0.1) is 13.8 Å². The maximum atomic E-state index is 5.52. The van der Waals surface area contributed by atoms with E-state index in [4.69, 9.17) is 4.74 Å². The van der Waals surface area contributed by atoms with Gasteiger partial charge in [0, 0.05) is 22.4 Å². The molecule has 0 aliphatic heterocycles. The minimum absolute atomic E-state index is 0.342. The molecule has 0 spiro atoms. The molecular weight excluding hydrogens is 230 g/mol. The summed E-state index contributed by atoms with van der Waals surface area (Å²) in [5.74, 6) is 0. The van der Waals surface area contributed by atoms with Gasteiger partial charge in [-0.2, -0.15) is 0 Å². The highest BCUT2D eigenvalue weighted by atomic mass is 32.1. The molecule has 17 heavy (non-hydrogen) atoms. The van der Waals surface area contributed by atoms with E-state index in [1.54, 1.807) is 0 Å². The summed E-state index contributed by atoms with van der Waals surface area (Å²) in [5, 5.41) is 3.55. The maximum Gasteiger partial charge on any atom is 0.0518 e. The summed E-state index contributed by atoms with van der Waals surface area (Å²) in [4.78, 5) is 2.83. The zero-order valence-electron chi connectivity index (χ0n) is 11.7. The summed E-state index contributed by atoms with van der Waals surface area (Å²) in [5.41, 5.74) is 1.44. The van der Waals surface area contributed by atoms with Crippen molar-refractivity contribution in [3.05, 3.63) is 21.4 Å². The SMILES string of the molecule is Cc1cc(C(C)NCCCOC(C)C)c(C)s1. The predicted molar refractivity (Wildman–Crippen MR) is 75.9 cm³/mol. The molecule has 1 atom stereocenters. The van der Waals surface area contributed by atoms with E-state index >= 15 is 0 Å². The fourth-order valence-corrected chi connectivity index (χ4v) is 2.92. The monoisotopic (exact) mass is 255 g/mol. The predicted octanol–water partition coefficient (Wildman–Crippen LogP) is 3.83. The molecule has 0 fully saturated rings. The third-order valence-corrected chi connectivity index (χ3v) is 3.75. The molecule has 0 bridgehead atoms. The summed E-state index contributed by atoms with van der Waals surface area (Å²) < 4.78 is 5.52. The highest BCUT2D eigenvalue weighted by Crippen LogP contribution is 2.25. The van der Waals surface area contributed by atoms with E-state index < -0.39 is 0 Å². The van der Waals surface area contributed by atoms with Crippen LogP contribution in [0.4, 0.5) is 0 Å². The summed E-state index contributed by atoms with van der Waals surface area (Å²) in [7, 11) is 0. The number of hydrogen-bond donors (Lipinski definition) is 1. The molecule has 1 N–H and O–H groups in total. The van der Waals surface area contributed by atoms with Gasteiger partial charge in [-0.15, -0.1) is 11.3 Å². The molecule has 0 amide bonds. The summed E-state index contributed by atoms with van der Waals surface area (Å²) in [6, 6.07) is 2.74. The van der Waals surface area contributed by atoms with E-state index in [0.717, 1.165) is 19.6 Å². The Morgan fingerprint density at radius 1 is 1.29 bits per heavy atom. The van der Waals surface area contributed by atoms with Crippen LogP contribution in [-0.2, 0) is 4.74 Å². The largest absolute Gasteiger partial charge is 0.379 e. The first-order valence-corrected chi connectivity index (χ1v) is 7.24. The van der Waals surface area contributed by atoms with Gasteiger partial charge in [0.05, 0.1) is 6.10 Å². The van der Waals surface area contributed by atoms with Crippen molar-refractivity contribution in [1.82, 2.24) is 5.32 Å². The van der Waals surface area contributed by atoms with Crippen LogP contribution < -0.4 is 5.32 Å². The van der Waals surface area contributed by atoms with Crippen molar-refractivity contribution >= 4 is 11.3 Å². The Morgan fingerprint density at radius 3 is 2.53 bits per heavy atom. The van der Waals surface area contributed by atoms with Gasteiger partial charge in [-0.25, -0.2) is 0 Å². The molecule has 1 aromatic rings. The van der Waals surface area contributed by atoms with Gasteiger partial charge in [0.2, 0.25) is 0 Å². The molecule has 98 valence electrons. The lowest BCUT2D eigenvalue weighted by Crippen LogP contribution is -2.21. The zero-order valence-corrected chi connectivity index (χ0v) is 12.5. The second-order valence-corrected chi connectivity index (χ2v) is 6.28. The van der Waals surface area contributed by atoms with Gasteiger partial charge in [0.1, 0.15) is 0 Å². The molecule has 0 aliphatic carbocycles. The second-order valence-electron chi connectivity index (χ2n) is 4.82. The van der Waals surface area contributed by atoms with E-state index in [1.165, 1.54) is 15.3 Å². The van der Waals surface area contributed by atoms with Crippen molar-refractivity contribution in [2.24, 2.45) is 0 Å². The summed E-state index contributed by atoms with van der Waals surface area (Å²) in [6.07, 6.45) is 1.42. The Hall–Kier alpha value is -0.380. The minimum atomic E-state index is 0.342. The molecular formula is C14H25NOS. The van der Waals surface area contributed by atoms with Crippen LogP contribution in [0.15, 0.2) is 6.07 Å². The lowest BCUT2D eigenvalue weighted by Gasteiger charge is -2.14. The zero-order chi connectivity index (χ0) is 12.8. The Morgan fingerprint density at radius 2 is 2.00 bits per heavy atom. The highest BCUT2D eigenvalue weighted by molar-refractivity contribution is 7.12. The first kappa shape index (κ1) is 14.7. The van der Waals surface area contributed by atoms with Crippen molar-refractivity contribution in [2.45, 2.75) is 53.2 Å². The summed E-state index contributed by atoms with van der Waals surface area (Å²) >= 11 is 1.88. The molecule has 0 saturated heterocycles. The molecule has 0 aromatic carbocycles. The van der Waals surface area contributed by atoms with Gasteiger partial charge in [-0.05, 0) is 59.2 Å². The third-order valence-electron chi connectivity index (χ3n) is 2.77. The number of nitrogens with one attached hydrogen (secondary N) is 1. The Kier molecular flexibility index (Phi) is 6.17. The average Bonchev–Trinajstić information content (AvgIpc) is 2.56. The Labute approximate surface area is 109 Å². The van der Waals surface area contributed by atoms with Crippen molar-refractivity contribution in [1.29, 1.82) is 0 Å². The Balaban J connectivity index is 2.25. The Bertz CT molecular complexity index is 333. The van der Waals surface area contributed by atoms with Gasteiger partial charge >= 0.3 is 0 Å². The standard InChI is InChI=1S/C14H25NOS/c1-10(2)16-8-6-7-15-12(4)14-9-11(3)17-13(14)5/h9-10,12,15H,6-8H2,1-5H3. The number of ether oxygens (including phenoxy) is 1. The quantitative estimate of drug-likeness (QED) is 0.748. The first-order chi connectivity index (χ1) is 8.00. The van der Waals surface area contributed by atoms with Crippen LogP contribution >= 0.6 is 11.3 Å². The molecule has 3 heteroatoms. The first-order valence-electron chi connectivity index (χ1n) is 6.42. The van der Waals surface area contributed by atoms with Crippen LogP contribution in [0.3, 0.4) is 0 Å². The number of aryl methyl sites for hydroxylation is 2. The van der Waals surface area contributed by atoms with Crippen molar-refractivity contribution in [3.63, 3.8) is 0 Å². The normalized spacial score (nSPS) is 13.3. The highest BCUT2D eigenvalue weighted by Gasteiger charge is 2.10. The third kappa shape index (κ3) is 5.19. The fraction of sp³-hybridized carbons (Fsp3) is 0.714. The number of thiophene rings is 1. The topological polar surface area (TPSA) is 21.3 Å². The molecule has 0 saturated carbocycles. The minimum Gasteiger partial charge on any atom is -0.379 e. The number of rotatable bonds is 7. The average molecular weight is 255 g/mol. The molecule has 1 aromatic heterocycles. The molecule has 1 unspecified atom stereocenters. The lowest BCUT2D eigenvalue weighted by atomic mass is 10.1. The van der Waals surface area contributed by atoms with E-state index in [9.17, 15) is 0 Å². The lowest BCUT2D eigenvalue weighted by molar-refractivity contribution is 0.0768. The van der Waals surface area contributed by atoms with E-state index in [-0.39, 0.29) is 0 Å². The van der Waals surface area contributed by atoms with E-state index in [2.05, 4.69) is 46.0 Å². The van der Waals surface area contributed by atoms with E-state index in [1.807, 2.05) is 11.3 Å². The van der Waals surface area contributed by atoms with Gasteiger partial charge in [-0.1, -0.05) is 0 Å². The van der Waals surface area contributed by atoms with Crippen molar-refractivity contribution in [2.75, 3.05) is 13.2 Å². The van der Waals surface area contributed by atoms with Gasteiger partial charge in [-0.3, -0.25) is 0 Å². The number of hydrogen-bond acceptors (Lipinski definition) is 3. The van der Waals surface area contributed by atoms with Crippen LogP contribution in [0.5, 0.6) is 0 Å². The van der Waals surface area contributed by atoms with Crippen molar-refractivity contribution < 1.29 is 4.74 Å². The smallest absolute Gasteiger partial charge is 0.0518 e. The van der Waals surface area contributed by atoms with Gasteiger partial charge < -0.3 is 10.1 Å². The van der Waals surface area contributed by atoms with Gasteiger partial charge in [0.25, 0.3) is 0 Å². The van der Waals surface area contributed by atoms with Crippen LogP contribution in [0.25, 0.3) is 0 Å². The summed E-state index contributed by atoms with van der Waals surface area (Å²) in [6.45, 7) is 12.6. The molecule has 0 aliphatic rings. The maximum absolute atomic E-state index is 5.52.